The lowest BCUT2D eigenvalue weighted by atomic mass is 10.0. The number of nitrogens with zero attached hydrogens (tertiary/aromatic N) is 4. The fourth-order valence-electron chi connectivity index (χ4n) is 3.37. The summed E-state index contributed by atoms with van der Waals surface area (Å²) in [5, 5.41) is 6.64. The number of benzene rings is 2. The second kappa shape index (κ2) is 7.35. The largest absolute Gasteiger partial charge is 0.337 e. The monoisotopic (exact) mass is 414 g/mol. The maximum atomic E-state index is 13.3. The van der Waals surface area contributed by atoms with Gasteiger partial charge in [-0.1, -0.05) is 53.7 Å². The van der Waals surface area contributed by atoms with E-state index in [0.29, 0.717) is 17.1 Å². The van der Waals surface area contributed by atoms with Gasteiger partial charge in [0.1, 0.15) is 11.4 Å². The van der Waals surface area contributed by atoms with Gasteiger partial charge in [-0.15, -0.1) is 11.3 Å². The third-order valence-corrected chi connectivity index (χ3v) is 6.07. The van der Waals surface area contributed by atoms with E-state index in [0.717, 1.165) is 21.5 Å². The molecule has 148 valence electrons. The Hall–Kier alpha value is -3.58. The lowest BCUT2D eigenvalue weighted by molar-refractivity contribution is 0.369. The van der Waals surface area contributed by atoms with E-state index in [1.807, 2.05) is 41.8 Å². The van der Waals surface area contributed by atoms with Crippen LogP contribution in [-0.4, -0.2) is 19.7 Å². The van der Waals surface area contributed by atoms with Crippen LogP contribution in [0.5, 0.6) is 0 Å². The first-order valence-corrected chi connectivity index (χ1v) is 10.4. The molecule has 0 amide bonds. The standard InChI is InChI=1S/C23H18N4O2S/c1-14-8-9-17(10-15(14)2)18-12-30-22-20(18)23(28)27(13-24-22)11-19-25-21(26-29-19)16-6-4-3-5-7-16/h3-10,12-13H,11H2,1-2H3. The van der Waals surface area contributed by atoms with Crippen molar-refractivity contribution in [1.29, 1.82) is 0 Å². The zero-order valence-corrected chi connectivity index (χ0v) is 17.3. The van der Waals surface area contributed by atoms with Crippen LogP contribution in [-0.2, 0) is 6.54 Å². The van der Waals surface area contributed by atoms with E-state index in [4.69, 9.17) is 4.52 Å². The van der Waals surface area contributed by atoms with E-state index < -0.39 is 0 Å². The fraction of sp³-hybridized carbons (Fsp3) is 0.130. The number of thiophene rings is 1. The SMILES string of the molecule is Cc1ccc(-c2csc3ncn(Cc4nc(-c5ccccc5)no4)c(=O)c23)cc1C. The van der Waals surface area contributed by atoms with E-state index in [9.17, 15) is 4.79 Å². The van der Waals surface area contributed by atoms with Crippen molar-refractivity contribution < 1.29 is 4.52 Å². The zero-order valence-electron chi connectivity index (χ0n) is 16.5. The Bertz CT molecular complexity index is 1420. The molecular weight excluding hydrogens is 396 g/mol. The van der Waals surface area contributed by atoms with Crippen LogP contribution in [0.15, 0.2) is 69.6 Å². The molecule has 0 saturated carbocycles. The third kappa shape index (κ3) is 3.23. The number of fused-ring (bicyclic) bond motifs is 1. The Balaban J connectivity index is 1.53. The van der Waals surface area contributed by atoms with Crippen molar-refractivity contribution >= 4 is 21.6 Å². The Morgan fingerprint density at radius 2 is 1.87 bits per heavy atom. The lowest BCUT2D eigenvalue weighted by Crippen LogP contribution is -2.21. The predicted octanol–water partition coefficient (Wildman–Crippen LogP) is 4.84. The van der Waals surface area contributed by atoms with Crippen LogP contribution in [0.25, 0.3) is 32.7 Å². The van der Waals surface area contributed by atoms with Crippen LogP contribution in [0, 0.1) is 13.8 Å². The molecule has 0 aliphatic carbocycles. The fourth-order valence-corrected chi connectivity index (χ4v) is 4.28. The molecule has 30 heavy (non-hydrogen) atoms. The molecule has 5 rings (SSSR count). The second-order valence-electron chi connectivity index (χ2n) is 7.18. The maximum absolute atomic E-state index is 13.3. The molecule has 0 N–H and O–H groups in total. The average Bonchev–Trinajstić information content (AvgIpc) is 3.40. The Kier molecular flexibility index (Phi) is 4.52. The normalized spacial score (nSPS) is 11.3. The smallest absolute Gasteiger partial charge is 0.263 e. The van der Waals surface area contributed by atoms with E-state index in [1.54, 1.807) is 0 Å². The van der Waals surface area contributed by atoms with Gasteiger partial charge in [0.05, 0.1) is 11.7 Å². The summed E-state index contributed by atoms with van der Waals surface area (Å²) < 4.78 is 6.89. The molecule has 0 aliphatic heterocycles. The third-order valence-electron chi connectivity index (χ3n) is 5.18. The van der Waals surface area contributed by atoms with Crippen molar-refractivity contribution in [1.82, 2.24) is 19.7 Å². The van der Waals surface area contributed by atoms with Crippen LogP contribution >= 0.6 is 11.3 Å². The van der Waals surface area contributed by atoms with Gasteiger partial charge in [-0.2, -0.15) is 4.98 Å². The van der Waals surface area contributed by atoms with Gasteiger partial charge in [-0.25, -0.2) is 4.98 Å². The number of aryl methyl sites for hydroxylation is 2. The molecule has 0 spiro atoms. The lowest BCUT2D eigenvalue weighted by Gasteiger charge is -2.06. The summed E-state index contributed by atoms with van der Waals surface area (Å²) in [6, 6.07) is 15.8. The maximum Gasteiger partial charge on any atom is 0.263 e. The molecule has 5 aromatic rings. The highest BCUT2D eigenvalue weighted by atomic mass is 32.1. The minimum Gasteiger partial charge on any atom is -0.337 e. The topological polar surface area (TPSA) is 73.8 Å². The molecule has 0 radical (unpaired) electrons. The van der Waals surface area contributed by atoms with Crippen molar-refractivity contribution in [2.45, 2.75) is 20.4 Å². The van der Waals surface area contributed by atoms with Gasteiger partial charge in [0.15, 0.2) is 0 Å². The number of hydrogen-bond acceptors (Lipinski definition) is 6. The van der Waals surface area contributed by atoms with Crippen LogP contribution in [0.1, 0.15) is 17.0 Å². The summed E-state index contributed by atoms with van der Waals surface area (Å²) in [6.07, 6.45) is 1.54. The van der Waals surface area contributed by atoms with E-state index in [1.165, 1.54) is 33.4 Å². The number of hydrogen-bond donors (Lipinski definition) is 0. The van der Waals surface area contributed by atoms with Gasteiger partial charge < -0.3 is 4.52 Å². The summed E-state index contributed by atoms with van der Waals surface area (Å²) >= 11 is 1.47. The highest BCUT2D eigenvalue weighted by Gasteiger charge is 2.16. The first kappa shape index (κ1) is 18.4. The minimum absolute atomic E-state index is 0.117. The zero-order chi connectivity index (χ0) is 20.7. The average molecular weight is 414 g/mol. The predicted molar refractivity (Wildman–Crippen MR) is 118 cm³/mol. The van der Waals surface area contributed by atoms with E-state index in [-0.39, 0.29) is 12.1 Å². The molecule has 3 aromatic heterocycles. The van der Waals surface area contributed by atoms with E-state index >= 15 is 0 Å². The molecule has 0 atom stereocenters. The highest BCUT2D eigenvalue weighted by molar-refractivity contribution is 7.17. The van der Waals surface area contributed by atoms with Crippen molar-refractivity contribution in [3.8, 4) is 22.5 Å². The molecule has 6 nitrogen and oxygen atoms in total. The van der Waals surface area contributed by atoms with Crippen LogP contribution < -0.4 is 5.56 Å². The molecule has 0 bridgehead atoms. The summed E-state index contributed by atoms with van der Waals surface area (Å²) in [5.41, 5.74) is 5.08. The molecule has 0 unspecified atom stereocenters. The van der Waals surface area contributed by atoms with Gasteiger partial charge in [0.25, 0.3) is 5.56 Å². The van der Waals surface area contributed by atoms with Gasteiger partial charge in [0, 0.05) is 16.5 Å². The van der Waals surface area contributed by atoms with Crippen molar-refractivity contribution in [3.05, 3.63) is 87.6 Å². The highest BCUT2D eigenvalue weighted by Crippen LogP contribution is 2.31. The summed E-state index contributed by atoms with van der Waals surface area (Å²) in [5.74, 6) is 0.860. The molecule has 0 fully saturated rings. The summed E-state index contributed by atoms with van der Waals surface area (Å²) in [7, 11) is 0. The van der Waals surface area contributed by atoms with Crippen molar-refractivity contribution in [2.24, 2.45) is 0 Å². The molecular formula is C23H18N4O2S. The van der Waals surface area contributed by atoms with Gasteiger partial charge >= 0.3 is 0 Å². The first-order chi connectivity index (χ1) is 14.6. The van der Waals surface area contributed by atoms with Gasteiger partial charge in [0.2, 0.25) is 11.7 Å². The summed E-state index contributed by atoms with van der Waals surface area (Å²) in [6.45, 7) is 4.32. The summed E-state index contributed by atoms with van der Waals surface area (Å²) in [4.78, 5) is 22.9. The van der Waals surface area contributed by atoms with Gasteiger partial charge in [-0.05, 0) is 30.5 Å². The first-order valence-electron chi connectivity index (χ1n) is 9.52. The second-order valence-corrected chi connectivity index (χ2v) is 8.04. The molecule has 0 saturated heterocycles. The van der Waals surface area contributed by atoms with Gasteiger partial charge in [-0.3, -0.25) is 9.36 Å². The Labute approximate surface area is 176 Å². The Morgan fingerprint density at radius 3 is 2.67 bits per heavy atom. The van der Waals surface area contributed by atoms with Crippen LogP contribution in [0.2, 0.25) is 0 Å². The van der Waals surface area contributed by atoms with Crippen molar-refractivity contribution in [3.63, 3.8) is 0 Å². The quantitative estimate of drug-likeness (QED) is 0.421. The molecule has 2 aromatic carbocycles. The molecule has 3 heterocycles. The molecule has 7 heteroatoms. The van der Waals surface area contributed by atoms with E-state index in [2.05, 4.69) is 41.1 Å². The minimum atomic E-state index is -0.117. The van der Waals surface area contributed by atoms with Crippen molar-refractivity contribution in [2.75, 3.05) is 0 Å². The Morgan fingerprint density at radius 1 is 1.03 bits per heavy atom. The van der Waals surface area contributed by atoms with Crippen LogP contribution in [0.3, 0.4) is 0 Å². The molecule has 0 aliphatic rings. The number of aromatic nitrogens is 4. The number of rotatable bonds is 4. The van der Waals surface area contributed by atoms with Crippen LogP contribution in [0.4, 0.5) is 0 Å².